The van der Waals surface area contributed by atoms with Gasteiger partial charge in [-0.25, -0.2) is 4.79 Å². The van der Waals surface area contributed by atoms with Crippen LogP contribution >= 0.6 is 0 Å². The molecule has 0 spiro atoms. The molecular weight excluding hydrogens is 320 g/mol. The standard InChI is InChI=1S/C20H20O5/c1-20(2)18(25-20)6-4-3-5-8-22-16-12-19(21)24-17-11-15-13(7-9-23-15)10-14(16)17/h3,5,7,9-12,18H,4,6,8H2,1-2H3. The first kappa shape index (κ1) is 16.0. The predicted octanol–water partition coefficient (Wildman–Crippen LogP) is 4.43. The molecule has 25 heavy (non-hydrogen) atoms. The summed E-state index contributed by atoms with van der Waals surface area (Å²) in [5, 5.41) is 1.70. The van der Waals surface area contributed by atoms with Crippen molar-refractivity contribution in [2.24, 2.45) is 0 Å². The molecule has 5 nitrogen and oxygen atoms in total. The SMILES string of the molecule is CC1(C)OC1CCC=CCOc1cc(=O)oc2cc3occc3cc12. The Labute approximate surface area is 144 Å². The molecule has 1 aromatic carbocycles. The monoisotopic (exact) mass is 340 g/mol. The minimum absolute atomic E-state index is 0.0414. The zero-order valence-corrected chi connectivity index (χ0v) is 14.3. The van der Waals surface area contributed by atoms with Gasteiger partial charge in [0.1, 0.15) is 23.5 Å². The van der Waals surface area contributed by atoms with Crippen molar-refractivity contribution in [3.63, 3.8) is 0 Å². The molecule has 1 aliphatic rings. The summed E-state index contributed by atoms with van der Waals surface area (Å²) in [5.74, 6) is 0.519. The minimum atomic E-state index is -0.439. The van der Waals surface area contributed by atoms with Crippen molar-refractivity contribution in [2.75, 3.05) is 6.61 Å². The first-order valence-electron chi connectivity index (χ1n) is 8.44. The van der Waals surface area contributed by atoms with Crippen molar-refractivity contribution in [1.82, 2.24) is 0 Å². The van der Waals surface area contributed by atoms with Gasteiger partial charge in [-0.2, -0.15) is 0 Å². The lowest BCUT2D eigenvalue weighted by Crippen LogP contribution is -2.02. The normalized spacial score (nSPS) is 19.0. The summed E-state index contributed by atoms with van der Waals surface area (Å²) in [7, 11) is 0. The van der Waals surface area contributed by atoms with Crippen molar-refractivity contribution in [3.05, 3.63) is 53.1 Å². The summed E-state index contributed by atoms with van der Waals surface area (Å²) in [6.45, 7) is 4.61. The van der Waals surface area contributed by atoms with E-state index >= 15 is 0 Å². The molecule has 5 heteroatoms. The Bertz CT molecular complexity index is 992. The molecule has 0 radical (unpaired) electrons. The fourth-order valence-corrected chi connectivity index (χ4v) is 3.02. The van der Waals surface area contributed by atoms with Crippen LogP contribution in [0.2, 0.25) is 0 Å². The summed E-state index contributed by atoms with van der Waals surface area (Å²) in [6, 6.07) is 6.86. The van der Waals surface area contributed by atoms with Crippen LogP contribution < -0.4 is 10.4 Å². The van der Waals surface area contributed by atoms with Crippen molar-refractivity contribution in [3.8, 4) is 5.75 Å². The molecule has 1 aliphatic heterocycles. The van der Waals surface area contributed by atoms with Crippen LogP contribution in [0.1, 0.15) is 26.7 Å². The lowest BCUT2D eigenvalue weighted by atomic mass is 10.1. The molecule has 130 valence electrons. The van der Waals surface area contributed by atoms with E-state index in [1.165, 1.54) is 6.07 Å². The van der Waals surface area contributed by atoms with E-state index in [9.17, 15) is 4.79 Å². The Morgan fingerprint density at radius 1 is 1.20 bits per heavy atom. The molecule has 1 atom stereocenters. The summed E-state index contributed by atoms with van der Waals surface area (Å²) >= 11 is 0. The van der Waals surface area contributed by atoms with Gasteiger partial charge in [-0.1, -0.05) is 12.2 Å². The fraction of sp³-hybridized carbons (Fsp3) is 0.350. The van der Waals surface area contributed by atoms with E-state index in [0.29, 0.717) is 29.6 Å². The smallest absolute Gasteiger partial charge is 0.339 e. The van der Waals surface area contributed by atoms with E-state index in [0.717, 1.165) is 23.6 Å². The number of furan rings is 1. The van der Waals surface area contributed by atoms with Crippen LogP contribution in [-0.2, 0) is 4.74 Å². The maximum atomic E-state index is 11.7. The third-order valence-electron chi connectivity index (χ3n) is 4.54. The maximum Gasteiger partial charge on any atom is 0.339 e. The topological polar surface area (TPSA) is 65.1 Å². The van der Waals surface area contributed by atoms with Crippen LogP contribution in [-0.4, -0.2) is 18.3 Å². The molecule has 1 saturated heterocycles. The third-order valence-corrected chi connectivity index (χ3v) is 4.54. The molecule has 0 saturated carbocycles. The highest BCUT2D eigenvalue weighted by Crippen LogP contribution is 2.38. The van der Waals surface area contributed by atoms with Gasteiger partial charge in [-0.3, -0.25) is 0 Å². The fourth-order valence-electron chi connectivity index (χ4n) is 3.02. The highest BCUT2D eigenvalue weighted by Gasteiger charge is 2.46. The quantitative estimate of drug-likeness (QED) is 0.377. The molecule has 1 unspecified atom stereocenters. The summed E-state index contributed by atoms with van der Waals surface area (Å²) in [6.07, 6.45) is 7.98. The van der Waals surface area contributed by atoms with Gasteiger partial charge in [0.2, 0.25) is 0 Å². The van der Waals surface area contributed by atoms with Gasteiger partial charge in [0.15, 0.2) is 0 Å². The molecule has 0 aliphatic carbocycles. The van der Waals surface area contributed by atoms with Crippen LogP contribution in [0.3, 0.4) is 0 Å². The predicted molar refractivity (Wildman–Crippen MR) is 95.1 cm³/mol. The van der Waals surface area contributed by atoms with Crippen molar-refractivity contribution < 1.29 is 18.3 Å². The van der Waals surface area contributed by atoms with E-state index in [1.54, 1.807) is 12.3 Å². The first-order valence-corrected chi connectivity index (χ1v) is 8.44. The molecule has 0 bridgehead atoms. The van der Waals surface area contributed by atoms with Crippen molar-refractivity contribution >= 4 is 21.9 Å². The van der Waals surface area contributed by atoms with Gasteiger partial charge in [-0.05, 0) is 38.8 Å². The van der Waals surface area contributed by atoms with Crippen LogP contribution in [0.25, 0.3) is 21.9 Å². The number of allylic oxidation sites excluding steroid dienone is 1. The summed E-state index contributed by atoms with van der Waals surface area (Å²) < 4.78 is 21.9. The molecular formula is C20H20O5. The van der Waals surface area contributed by atoms with Crippen LogP contribution in [0, 0.1) is 0 Å². The van der Waals surface area contributed by atoms with E-state index in [2.05, 4.69) is 19.9 Å². The highest BCUT2D eigenvalue weighted by atomic mass is 16.6. The second-order valence-corrected chi connectivity index (χ2v) is 6.81. The zero-order valence-electron chi connectivity index (χ0n) is 14.3. The Morgan fingerprint density at radius 2 is 2.04 bits per heavy atom. The largest absolute Gasteiger partial charge is 0.488 e. The molecule has 0 amide bonds. The van der Waals surface area contributed by atoms with Gasteiger partial charge in [0.25, 0.3) is 0 Å². The number of epoxide rings is 1. The number of ether oxygens (including phenoxy) is 2. The Hall–Kier alpha value is -2.53. The number of rotatable bonds is 6. The van der Waals surface area contributed by atoms with Crippen LogP contribution in [0.5, 0.6) is 5.75 Å². The zero-order chi connectivity index (χ0) is 17.4. The van der Waals surface area contributed by atoms with Gasteiger partial charge in [0.05, 0.1) is 29.4 Å². The molecule has 4 rings (SSSR count). The molecule has 0 N–H and O–H groups in total. The van der Waals surface area contributed by atoms with Crippen molar-refractivity contribution in [1.29, 1.82) is 0 Å². The number of fused-ring (bicyclic) bond motifs is 2. The summed E-state index contributed by atoms with van der Waals surface area (Å²) in [5.41, 5.74) is 0.741. The lowest BCUT2D eigenvalue weighted by molar-refractivity contribution is 0.320. The van der Waals surface area contributed by atoms with Crippen LogP contribution in [0.4, 0.5) is 0 Å². The average Bonchev–Trinajstić information content (AvgIpc) is 2.95. The first-order chi connectivity index (χ1) is 12.0. The van der Waals surface area contributed by atoms with Gasteiger partial charge >= 0.3 is 5.63 Å². The van der Waals surface area contributed by atoms with E-state index < -0.39 is 5.63 Å². The van der Waals surface area contributed by atoms with Crippen molar-refractivity contribution in [2.45, 2.75) is 38.4 Å². The molecule has 1 fully saturated rings. The molecule has 3 heterocycles. The lowest BCUT2D eigenvalue weighted by Gasteiger charge is -2.06. The second kappa shape index (κ2) is 6.08. The highest BCUT2D eigenvalue weighted by molar-refractivity contribution is 5.95. The number of benzene rings is 1. The van der Waals surface area contributed by atoms with Crippen LogP contribution in [0.15, 0.2) is 56.3 Å². The summed E-state index contributed by atoms with van der Waals surface area (Å²) in [4.78, 5) is 11.7. The second-order valence-electron chi connectivity index (χ2n) is 6.81. The molecule has 2 aromatic heterocycles. The van der Waals surface area contributed by atoms with Gasteiger partial charge in [0, 0.05) is 11.5 Å². The average molecular weight is 340 g/mol. The third kappa shape index (κ3) is 3.33. The maximum absolute atomic E-state index is 11.7. The molecule has 3 aromatic rings. The number of hydrogen-bond donors (Lipinski definition) is 0. The number of hydrogen-bond acceptors (Lipinski definition) is 5. The Kier molecular flexibility index (Phi) is 3.88. The van der Waals surface area contributed by atoms with E-state index in [-0.39, 0.29) is 5.60 Å². The Balaban J connectivity index is 1.44. The van der Waals surface area contributed by atoms with E-state index in [4.69, 9.17) is 18.3 Å². The van der Waals surface area contributed by atoms with Gasteiger partial charge < -0.3 is 18.3 Å². The van der Waals surface area contributed by atoms with E-state index in [1.807, 2.05) is 18.2 Å². The van der Waals surface area contributed by atoms with Gasteiger partial charge in [-0.15, -0.1) is 0 Å². The minimum Gasteiger partial charge on any atom is -0.488 e. The Morgan fingerprint density at radius 3 is 2.84 bits per heavy atom.